The van der Waals surface area contributed by atoms with Crippen LogP contribution in [-0.2, 0) is 4.74 Å². The van der Waals surface area contributed by atoms with Crippen molar-refractivity contribution in [1.82, 2.24) is 9.88 Å². The van der Waals surface area contributed by atoms with Gasteiger partial charge in [0.1, 0.15) is 5.75 Å². The summed E-state index contributed by atoms with van der Waals surface area (Å²) in [4.78, 5) is 22.6. The van der Waals surface area contributed by atoms with Gasteiger partial charge in [-0.3, -0.25) is 14.6 Å². The van der Waals surface area contributed by atoms with Crippen molar-refractivity contribution in [2.45, 2.75) is 13.8 Å². The Morgan fingerprint density at radius 2 is 1.85 bits per heavy atom. The summed E-state index contributed by atoms with van der Waals surface area (Å²) in [5, 5.41) is 0.661. The Morgan fingerprint density at radius 1 is 1.09 bits per heavy atom. The van der Waals surface area contributed by atoms with E-state index in [0.29, 0.717) is 55.2 Å². The van der Waals surface area contributed by atoms with Gasteiger partial charge in [0.2, 0.25) is 0 Å². The smallest absolute Gasteiger partial charge is 0.260 e. The summed E-state index contributed by atoms with van der Waals surface area (Å²) >= 11 is 1.49. The molecule has 2 heterocycles. The number of hydrogen-bond donors (Lipinski definition) is 0. The highest BCUT2D eigenvalue weighted by Gasteiger charge is 2.24. The van der Waals surface area contributed by atoms with Crippen LogP contribution in [0, 0.1) is 0 Å². The summed E-state index contributed by atoms with van der Waals surface area (Å²) in [5.41, 5.74) is 1.37. The molecule has 0 unspecified atom stereocenters. The highest BCUT2D eigenvalue weighted by atomic mass is 32.1. The molecule has 1 aliphatic heterocycles. The van der Waals surface area contributed by atoms with Gasteiger partial charge < -0.3 is 18.9 Å². The lowest BCUT2D eigenvalue weighted by Crippen LogP contribution is -2.43. The van der Waals surface area contributed by atoms with Crippen LogP contribution in [0.3, 0.4) is 0 Å². The number of benzene rings is 2. The number of methoxy groups -OCH3 is 1. The molecule has 1 aliphatic rings. The van der Waals surface area contributed by atoms with E-state index in [0.717, 1.165) is 35.6 Å². The van der Waals surface area contributed by atoms with Gasteiger partial charge in [-0.25, -0.2) is 4.98 Å². The zero-order chi connectivity index (χ0) is 23.9. The van der Waals surface area contributed by atoms with Crippen LogP contribution in [0.1, 0.15) is 24.2 Å². The minimum Gasteiger partial charge on any atom is -0.497 e. The predicted octanol–water partition coefficient (Wildman–Crippen LogP) is 4.08. The number of aromatic nitrogens is 1. The van der Waals surface area contributed by atoms with Crippen molar-refractivity contribution >= 4 is 32.6 Å². The van der Waals surface area contributed by atoms with Crippen LogP contribution in [0.4, 0.5) is 5.13 Å². The van der Waals surface area contributed by atoms with Crippen molar-refractivity contribution in [3.8, 4) is 17.2 Å². The number of hydrogen-bond acceptors (Lipinski definition) is 8. The molecule has 0 saturated carbocycles. The zero-order valence-corrected chi connectivity index (χ0v) is 20.7. The molecule has 9 heteroatoms. The Bertz CT molecular complexity index is 1110. The molecular formula is C25H31N3O5S. The van der Waals surface area contributed by atoms with Crippen LogP contribution in [-0.4, -0.2) is 75.5 Å². The summed E-state index contributed by atoms with van der Waals surface area (Å²) in [6.07, 6.45) is 0. The molecular weight excluding hydrogens is 454 g/mol. The number of amides is 1. The van der Waals surface area contributed by atoms with E-state index in [1.165, 1.54) is 11.3 Å². The molecule has 2 aromatic carbocycles. The molecule has 0 spiro atoms. The highest BCUT2D eigenvalue weighted by Crippen LogP contribution is 2.34. The SMILES string of the molecule is CCOc1ccc(C(=O)N(CCN2CCOCC2)c2nc3ccc(OC)cc3s2)cc1OCC. The van der Waals surface area contributed by atoms with E-state index in [4.69, 9.17) is 23.9 Å². The van der Waals surface area contributed by atoms with E-state index in [-0.39, 0.29) is 5.91 Å². The summed E-state index contributed by atoms with van der Waals surface area (Å²) in [6.45, 7) is 9.24. The standard InChI is InChI=1S/C25H31N3O5S/c1-4-32-21-9-6-18(16-22(21)33-5-2)24(29)28(11-10-27-12-14-31-15-13-27)25-26-20-8-7-19(30-3)17-23(20)34-25/h6-9,16-17H,4-5,10-15H2,1-3H3. The van der Waals surface area contributed by atoms with Gasteiger partial charge in [0, 0.05) is 31.7 Å². The topological polar surface area (TPSA) is 73.4 Å². The Labute approximate surface area is 204 Å². The van der Waals surface area contributed by atoms with E-state index in [1.54, 1.807) is 30.2 Å². The molecule has 0 bridgehead atoms. The molecule has 0 aliphatic carbocycles. The second-order valence-corrected chi connectivity index (χ2v) is 8.78. The van der Waals surface area contributed by atoms with E-state index in [2.05, 4.69) is 4.90 Å². The Hall–Kier alpha value is -2.88. The second-order valence-electron chi connectivity index (χ2n) is 7.77. The molecule has 4 rings (SSSR count). The van der Waals surface area contributed by atoms with E-state index in [9.17, 15) is 4.79 Å². The van der Waals surface area contributed by atoms with Crippen LogP contribution in [0.25, 0.3) is 10.2 Å². The number of rotatable bonds is 10. The summed E-state index contributed by atoms with van der Waals surface area (Å²) in [6, 6.07) is 11.1. The first-order valence-electron chi connectivity index (χ1n) is 11.6. The lowest BCUT2D eigenvalue weighted by atomic mass is 10.1. The van der Waals surface area contributed by atoms with Crippen LogP contribution in [0.5, 0.6) is 17.2 Å². The number of fused-ring (bicyclic) bond motifs is 1. The average molecular weight is 486 g/mol. The van der Waals surface area contributed by atoms with Crippen molar-refractivity contribution in [1.29, 1.82) is 0 Å². The number of nitrogens with zero attached hydrogens (tertiary/aromatic N) is 3. The molecule has 1 aromatic heterocycles. The van der Waals surface area contributed by atoms with Gasteiger partial charge in [-0.2, -0.15) is 0 Å². The number of carbonyl (C=O) groups is 1. The fraction of sp³-hybridized carbons (Fsp3) is 0.440. The number of anilines is 1. The normalized spacial score (nSPS) is 14.2. The van der Waals surface area contributed by atoms with E-state index < -0.39 is 0 Å². The molecule has 1 saturated heterocycles. The third-order valence-corrected chi connectivity index (χ3v) is 6.64. The molecule has 34 heavy (non-hydrogen) atoms. The third kappa shape index (κ3) is 5.60. The minimum atomic E-state index is -0.122. The quantitative estimate of drug-likeness (QED) is 0.428. The van der Waals surface area contributed by atoms with Gasteiger partial charge in [-0.1, -0.05) is 11.3 Å². The van der Waals surface area contributed by atoms with Gasteiger partial charge in [0.15, 0.2) is 16.6 Å². The predicted molar refractivity (Wildman–Crippen MR) is 134 cm³/mol. The average Bonchev–Trinajstić information content (AvgIpc) is 3.29. The molecule has 1 amide bonds. The molecule has 1 fully saturated rings. The number of ether oxygens (including phenoxy) is 4. The first-order chi connectivity index (χ1) is 16.6. The van der Waals surface area contributed by atoms with E-state index >= 15 is 0 Å². The van der Waals surface area contributed by atoms with Crippen LogP contribution in [0.15, 0.2) is 36.4 Å². The lowest BCUT2D eigenvalue weighted by molar-refractivity contribution is 0.0391. The fourth-order valence-electron chi connectivity index (χ4n) is 3.83. The van der Waals surface area contributed by atoms with Crippen LogP contribution in [0.2, 0.25) is 0 Å². The molecule has 0 N–H and O–H groups in total. The van der Waals surface area contributed by atoms with Crippen molar-refractivity contribution in [2.24, 2.45) is 0 Å². The zero-order valence-electron chi connectivity index (χ0n) is 19.9. The first kappa shape index (κ1) is 24.3. The highest BCUT2D eigenvalue weighted by molar-refractivity contribution is 7.22. The summed E-state index contributed by atoms with van der Waals surface area (Å²) in [5.74, 6) is 1.84. The number of morpholine rings is 1. The van der Waals surface area contributed by atoms with Crippen molar-refractivity contribution in [3.05, 3.63) is 42.0 Å². The van der Waals surface area contributed by atoms with Crippen molar-refractivity contribution in [2.75, 3.05) is 64.6 Å². The Morgan fingerprint density at radius 3 is 2.59 bits per heavy atom. The van der Waals surface area contributed by atoms with Crippen LogP contribution >= 0.6 is 11.3 Å². The van der Waals surface area contributed by atoms with Gasteiger partial charge in [-0.05, 0) is 50.2 Å². The van der Waals surface area contributed by atoms with Crippen LogP contribution < -0.4 is 19.1 Å². The number of carbonyl (C=O) groups excluding carboxylic acids is 1. The maximum Gasteiger partial charge on any atom is 0.260 e. The number of thiazole rings is 1. The first-order valence-corrected chi connectivity index (χ1v) is 12.4. The summed E-state index contributed by atoms with van der Waals surface area (Å²) in [7, 11) is 1.64. The third-order valence-electron chi connectivity index (χ3n) is 5.59. The maximum absolute atomic E-state index is 13.8. The molecule has 0 atom stereocenters. The van der Waals surface area contributed by atoms with Gasteiger partial charge in [0.05, 0.1) is 43.8 Å². The fourth-order valence-corrected chi connectivity index (χ4v) is 4.84. The van der Waals surface area contributed by atoms with Crippen molar-refractivity contribution < 1.29 is 23.7 Å². The van der Waals surface area contributed by atoms with Gasteiger partial charge in [-0.15, -0.1) is 0 Å². The van der Waals surface area contributed by atoms with Crippen molar-refractivity contribution in [3.63, 3.8) is 0 Å². The second kappa shape index (κ2) is 11.5. The molecule has 0 radical (unpaired) electrons. The molecule has 8 nitrogen and oxygen atoms in total. The summed E-state index contributed by atoms with van der Waals surface area (Å²) < 4.78 is 23.2. The monoisotopic (exact) mass is 485 g/mol. The molecule has 182 valence electrons. The lowest BCUT2D eigenvalue weighted by Gasteiger charge is -2.29. The maximum atomic E-state index is 13.8. The largest absolute Gasteiger partial charge is 0.497 e. The Kier molecular flexibility index (Phi) is 8.21. The molecule has 3 aromatic rings. The minimum absolute atomic E-state index is 0.122. The Balaban J connectivity index is 1.65. The van der Waals surface area contributed by atoms with E-state index in [1.807, 2.05) is 32.0 Å². The van der Waals surface area contributed by atoms with Gasteiger partial charge in [0.25, 0.3) is 5.91 Å². The van der Waals surface area contributed by atoms with Gasteiger partial charge >= 0.3 is 0 Å².